The molecule has 1 unspecified atom stereocenters. The van der Waals surface area contributed by atoms with Gasteiger partial charge in [0.15, 0.2) is 17.3 Å². The number of carbonyl (C=O) groups excluding carboxylic acids is 1. The molecule has 4 nitrogen and oxygen atoms in total. The van der Waals surface area contributed by atoms with Gasteiger partial charge in [-0.2, -0.15) is 0 Å². The summed E-state index contributed by atoms with van der Waals surface area (Å²) in [7, 11) is 2.53. The van der Waals surface area contributed by atoms with E-state index in [1.165, 1.54) is 20.3 Å². The number of hydrogen-bond acceptors (Lipinski definition) is 4. The summed E-state index contributed by atoms with van der Waals surface area (Å²) in [5.74, 6) is -8.52. The highest BCUT2D eigenvalue weighted by molar-refractivity contribution is 6.02. The van der Waals surface area contributed by atoms with Crippen molar-refractivity contribution >= 4 is 5.78 Å². The van der Waals surface area contributed by atoms with Gasteiger partial charge < -0.3 is 9.47 Å². The fourth-order valence-electron chi connectivity index (χ4n) is 2.92. The molecular weight excluding hydrogens is 350 g/mol. The number of methoxy groups -OCH3 is 2. The van der Waals surface area contributed by atoms with Crippen LogP contribution in [0.3, 0.4) is 0 Å². The van der Waals surface area contributed by atoms with Crippen LogP contribution in [0.2, 0.25) is 0 Å². The summed E-state index contributed by atoms with van der Waals surface area (Å²) in [4.78, 5) is 13.6. The largest absolute Gasteiger partial charge is 0.493 e. The molecule has 28 heavy (non-hydrogen) atoms. The summed E-state index contributed by atoms with van der Waals surface area (Å²) in [6.07, 6.45) is -12.9. The molecule has 1 heterocycles. The molecule has 0 aromatic heterocycles. The lowest BCUT2D eigenvalue weighted by Gasteiger charge is -2.32. The standard InChI is InChI=1S/C24H29NO3/c1-27-22-14-19-13-20(24(26)21(19)15-23(22)28-2)12-17-8-10-25(11-9-17)16-18-6-4-3-5-7-18/h3-7,14-15,17,20H,8-13,16H2,1-2H3/i3D,4D,5D,6D,7D,8D2,9D2,10D2,11D2,12D2,17D,20D. The molecule has 4 heteroatoms. The quantitative estimate of drug-likeness (QED) is 0.727. The second kappa shape index (κ2) is 8.36. The Hall–Kier alpha value is -2.33. The highest BCUT2D eigenvalue weighted by Gasteiger charge is 2.34. The van der Waals surface area contributed by atoms with E-state index in [9.17, 15) is 4.79 Å². The van der Waals surface area contributed by atoms with Gasteiger partial charge in [-0.15, -0.1) is 0 Å². The van der Waals surface area contributed by atoms with Crippen LogP contribution in [-0.4, -0.2) is 37.9 Å². The van der Waals surface area contributed by atoms with Crippen molar-refractivity contribution in [1.29, 1.82) is 0 Å². The third-order valence-electron chi connectivity index (χ3n) is 4.27. The van der Waals surface area contributed by atoms with E-state index in [1.54, 1.807) is 0 Å². The number of carbonyl (C=O) groups is 1. The number of likely N-dealkylation sites (tertiary alicyclic amines) is 1. The molecule has 0 bridgehead atoms. The predicted octanol–water partition coefficient (Wildman–Crippen LogP) is 4.36. The van der Waals surface area contributed by atoms with Crippen molar-refractivity contribution < 1.29 is 37.6 Å². The minimum Gasteiger partial charge on any atom is -0.493 e. The van der Waals surface area contributed by atoms with Crippen molar-refractivity contribution in [2.45, 2.75) is 32.1 Å². The molecule has 148 valence electrons. The molecule has 0 saturated carbocycles. The molecule has 0 spiro atoms. The number of rotatable bonds is 6. The minimum absolute atomic E-state index is 0.0193. The van der Waals surface area contributed by atoms with Crippen molar-refractivity contribution in [2.75, 3.05) is 27.2 Å². The maximum Gasteiger partial charge on any atom is 0.166 e. The Labute approximate surface area is 191 Å². The van der Waals surface area contributed by atoms with Crippen molar-refractivity contribution in [3.63, 3.8) is 0 Å². The first-order chi connectivity index (χ1) is 20.3. The maximum absolute atomic E-state index is 13.7. The summed E-state index contributed by atoms with van der Waals surface area (Å²) in [6, 6.07) is -1.94. The van der Waals surface area contributed by atoms with E-state index in [2.05, 4.69) is 0 Å². The van der Waals surface area contributed by atoms with Gasteiger partial charge in [-0.25, -0.2) is 0 Å². The summed E-state index contributed by atoms with van der Waals surface area (Å²) < 4.78 is 156. The topological polar surface area (TPSA) is 38.8 Å². The number of ether oxygens (including phenoxy) is 2. The number of piperidine rings is 1. The molecule has 2 aromatic rings. The number of nitrogens with zero attached hydrogens (tertiary/aromatic N) is 1. The van der Waals surface area contributed by atoms with E-state index >= 15 is 0 Å². The number of benzene rings is 2. The van der Waals surface area contributed by atoms with Gasteiger partial charge in [0.25, 0.3) is 0 Å². The van der Waals surface area contributed by atoms with Gasteiger partial charge in [0.2, 0.25) is 0 Å². The predicted molar refractivity (Wildman–Crippen MR) is 110 cm³/mol. The highest BCUT2D eigenvalue weighted by Crippen LogP contribution is 2.39. The number of ketones is 1. The lowest BCUT2D eigenvalue weighted by molar-refractivity contribution is 0.0895. The van der Waals surface area contributed by atoms with Crippen molar-refractivity contribution in [3.05, 3.63) is 59.0 Å². The first-order valence-corrected chi connectivity index (χ1v) is 8.41. The monoisotopic (exact) mass is 396 g/mol. The normalized spacial score (nSPS) is 40.5. The van der Waals surface area contributed by atoms with E-state index in [0.717, 1.165) is 6.07 Å². The van der Waals surface area contributed by atoms with Gasteiger partial charge in [0, 0.05) is 34.5 Å². The molecule has 0 N–H and O–H groups in total. The molecule has 2 aliphatic rings. The van der Waals surface area contributed by atoms with Crippen LogP contribution in [0.25, 0.3) is 0 Å². The Morgan fingerprint density at radius 1 is 1.18 bits per heavy atom. The molecular formula is C24H29NO3. The SMILES string of the molecule is [2H]c1c([2H])c([2H])c(CN2C([2H])([2H])C([2H])([2H])C([2H])(C([2H])([2H])C3([2H])Cc4cc(OC)c(OC)cc4C3=O)C([2H])([2H])C2([2H])[2H])c([2H])c1[2H]. The average molecular weight is 397 g/mol. The van der Waals surface area contributed by atoms with E-state index in [-0.39, 0.29) is 27.5 Å². The van der Waals surface area contributed by atoms with E-state index < -0.39 is 98.4 Å². The van der Waals surface area contributed by atoms with Crippen LogP contribution in [0, 0.1) is 11.8 Å². The van der Waals surface area contributed by atoms with Crippen LogP contribution in [-0.2, 0) is 13.0 Å². The molecule has 4 rings (SSSR count). The van der Waals surface area contributed by atoms with Crippen LogP contribution < -0.4 is 9.47 Å². The highest BCUT2D eigenvalue weighted by atomic mass is 16.5. The number of Topliss-reactive ketones (excluding diaryl/α,β-unsaturated/α-hetero) is 1. The molecule has 0 amide bonds. The third-order valence-corrected chi connectivity index (χ3v) is 4.27. The Morgan fingerprint density at radius 2 is 1.86 bits per heavy atom. The third kappa shape index (κ3) is 3.93. The van der Waals surface area contributed by atoms with E-state index in [1.807, 2.05) is 0 Å². The van der Waals surface area contributed by atoms with Gasteiger partial charge in [-0.05, 0) is 67.7 Å². The lowest BCUT2D eigenvalue weighted by Crippen LogP contribution is -2.34. The van der Waals surface area contributed by atoms with Crippen LogP contribution in [0.4, 0.5) is 0 Å². The van der Waals surface area contributed by atoms with Crippen molar-refractivity contribution in [3.8, 4) is 11.5 Å². The van der Waals surface area contributed by atoms with Gasteiger partial charge in [0.1, 0.15) is 0 Å². The molecule has 1 aliphatic heterocycles. The van der Waals surface area contributed by atoms with Gasteiger partial charge in [-0.3, -0.25) is 9.69 Å². The van der Waals surface area contributed by atoms with Crippen LogP contribution >= 0.6 is 0 Å². The minimum atomic E-state index is -4.16. The molecule has 0 radical (unpaired) electrons. The first kappa shape index (κ1) is 7.49. The van der Waals surface area contributed by atoms with Gasteiger partial charge in [0.05, 0.1) is 21.1 Å². The van der Waals surface area contributed by atoms with Gasteiger partial charge in [-0.1, -0.05) is 30.2 Å². The molecule has 2 aromatic carbocycles. The smallest absolute Gasteiger partial charge is 0.166 e. The van der Waals surface area contributed by atoms with Gasteiger partial charge >= 0.3 is 0 Å². The fraction of sp³-hybridized carbons (Fsp3) is 0.458. The zero-order valence-corrected chi connectivity index (χ0v) is 15.2. The Bertz CT molecular complexity index is 1540. The second-order valence-corrected chi connectivity index (χ2v) is 6.01. The summed E-state index contributed by atoms with van der Waals surface area (Å²) in [5, 5.41) is 0. The lowest BCUT2D eigenvalue weighted by atomic mass is 9.85. The number of hydrogen-bond donors (Lipinski definition) is 0. The Balaban J connectivity index is 1.93. The number of fused-ring (bicyclic) bond motifs is 1. The van der Waals surface area contributed by atoms with Crippen LogP contribution in [0.5, 0.6) is 11.5 Å². The van der Waals surface area contributed by atoms with Crippen molar-refractivity contribution in [2.24, 2.45) is 11.8 Å². The van der Waals surface area contributed by atoms with Crippen molar-refractivity contribution in [1.82, 2.24) is 4.90 Å². The fourth-order valence-corrected chi connectivity index (χ4v) is 2.92. The summed E-state index contributed by atoms with van der Waals surface area (Å²) in [6.45, 7) is -8.96. The van der Waals surface area contributed by atoms with Crippen LogP contribution in [0.1, 0.15) is 63.9 Å². The second-order valence-electron chi connectivity index (χ2n) is 6.01. The van der Waals surface area contributed by atoms with E-state index in [0.29, 0.717) is 0 Å². The van der Waals surface area contributed by atoms with Crippen LogP contribution in [0.15, 0.2) is 42.3 Å². The van der Waals surface area contributed by atoms with E-state index in [4.69, 9.17) is 32.8 Å². The molecule has 1 aliphatic carbocycles. The molecule has 1 saturated heterocycles. The molecule has 1 fully saturated rings. The first-order valence-electron chi connectivity index (χ1n) is 16.9. The maximum atomic E-state index is 13.7. The summed E-state index contributed by atoms with van der Waals surface area (Å²) in [5.41, 5.74) is -0.950. The average Bonchev–Trinajstić information content (AvgIpc) is 3.22. The Kier molecular flexibility index (Phi) is 2.24. The summed E-state index contributed by atoms with van der Waals surface area (Å²) >= 11 is 0. The zero-order valence-electron chi connectivity index (χ0n) is 32.2. The Morgan fingerprint density at radius 3 is 2.54 bits per heavy atom. The molecule has 1 atom stereocenters. The zero-order chi connectivity index (χ0) is 34.7.